The first-order valence-corrected chi connectivity index (χ1v) is 11.4. The molecule has 0 aliphatic heterocycles. The van der Waals surface area contributed by atoms with Crippen LogP contribution in [0.1, 0.15) is 18.1 Å². The maximum absolute atomic E-state index is 12.7. The number of fused-ring (bicyclic) bond motifs is 1. The van der Waals surface area contributed by atoms with Crippen LogP contribution in [0.25, 0.3) is 27.7 Å². The predicted molar refractivity (Wildman–Crippen MR) is 138 cm³/mol. The van der Waals surface area contributed by atoms with E-state index in [-0.39, 0.29) is 5.91 Å². The van der Waals surface area contributed by atoms with Gasteiger partial charge in [0.2, 0.25) is 5.91 Å². The Morgan fingerprint density at radius 2 is 1.74 bits per heavy atom. The van der Waals surface area contributed by atoms with Gasteiger partial charge in [-0.05, 0) is 54.3 Å². The number of hydrogen-bond acceptors (Lipinski definition) is 5. The largest absolute Gasteiger partial charge is 0.497 e. The summed E-state index contributed by atoms with van der Waals surface area (Å²) in [7, 11) is 4.90. The number of nitrogens with one attached hydrogen (secondary N) is 1. The second kappa shape index (κ2) is 10.8. The number of allylic oxidation sites excluding steroid dienone is 1. The molecule has 0 unspecified atom stereocenters. The quantitative estimate of drug-likeness (QED) is 0.308. The lowest BCUT2D eigenvalue weighted by Crippen LogP contribution is -2.24. The third kappa shape index (κ3) is 5.32. The SMILES string of the molecule is COc1cccc(-c2coc3cc(OC)c(/C(C)=C/C(=O)NCCc4ccccc4OC)cc23)c1. The Morgan fingerprint density at radius 3 is 2.51 bits per heavy atom. The fraction of sp³-hybridized carbons (Fsp3) is 0.207. The van der Waals surface area contributed by atoms with Gasteiger partial charge in [-0.1, -0.05) is 30.3 Å². The van der Waals surface area contributed by atoms with Crippen molar-refractivity contribution >= 4 is 22.4 Å². The van der Waals surface area contributed by atoms with Gasteiger partial charge in [-0.2, -0.15) is 0 Å². The van der Waals surface area contributed by atoms with Gasteiger partial charge in [0.15, 0.2) is 0 Å². The lowest BCUT2D eigenvalue weighted by Gasteiger charge is -2.11. The van der Waals surface area contributed by atoms with Crippen molar-refractivity contribution in [3.63, 3.8) is 0 Å². The molecule has 0 aliphatic carbocycles. The minimum absolute atomic E-state index is 0.167. The highest BCUT2D eigenvalue weighted by Gasteiger charge is 2.15. The summed E-state index contributed by atoms with van der Waals surface area (Å²) in [4.78, 5) is 12.7. The highest BCUT2D eigenvalue weighted by atomic mass is 16.5. The Labute approximate surface area is 205 Å². The minimum Gasteiger partial charge on any atom is -0.497 e. The summed E-state index contributed by atoms with van der Waals surface area (Å²) in [6.45, 7) is 2.40. The molecule has 4 rings (SSSR count). The van der Waals surface area contributed by atoms with Crippen molar-refractivity contribution in [1.82, 2.24) is 5.32 Å². The molecule has 35 heavy (non-hydrogen) atoms. The molecule has 0 spiro atoms. The summed E-state index contributed by atoms with van der Waals surface area (Å²) in [6, 6.07) is 19.5. The Balaban J connectivity index is 1.57. The van der Waals surface area contributed by atoms with Gasteiger partial charge >= 0.3 is 0 Å². The summed E-state index contributed by atoms with van der Waals surface area (Å²) in [5, 5.41) is 3.89. The van der Waals surface area contributed by atoms with E-state index in [9.17, 15) is 4.79 Å². The molecule has 0 aliphatic rings. The number of hydrogen-bond donors (Lipinski definition) is 1. The van der Waals surface area contributed by atoms with Crippen molar-refractivity contribution in [2.24, 2.45) is 0 Å². The maximum atomic E-state index is 12.7. The second-order valence-corrected chi connectivity index (χ2v) is 8.11. The van der Waals surface area contributed by atoms with Crippen LogP contribution in [0.2, 0.25) is 0 Å². The van der Waals surface area contributed by atoms with Crippen molar-refractivity contribution in [2.45, 2.75) is 13.3 Å². The van der Waals surface area contributed by atoms with Crippen LogP contribution in [0, 0.1) is 0 Å². The number of carbonyl (C=O) groups is 1. The Bertz CT molecular complexity index is 1370. The fourth-order valence-electron chi connectivity index (χ4n) is 4.10. The summed E-state index contributed by atoms with van der Waals surface area (Å²) in [5.41, 5.74) is 5.29. The zero-order valence-electron chi connectivity index (χ0n) is 20.4. The van der Waals surface area contributed by atoms with Gasteiger partial charge < -0.3 is 23.9 Å². The van der Waals surface area contributed by atoms with E-state index in [2.05, 4.69) is 5.32 Å². The molecule has 6 nitrogen and oxygen atoms in total. The number of benzene rings is 3. The third-order valence-corrected chi connectivity index (χ3v) is 5.93. The zero-order valence-corrected chi connectivity index (χ0v) is 20.4. The van der Waals surface area contributed by atoms with Crippen molar-refractivity contribution < 1.29 is 23.4 Å². The molecule has 1 aromatic heterocycles. The molecular weight excluding hydrogens is 442 g/mol. The van der Waals surface area contributed by atoms with Crippen molar-refractivity contribution in [1.29, 1.82) is 0 Å². The van der Waals surface area contributed by atoms with Crippen LogP contribution in [0.4, 0.5) is 0 Å². The molecule has 0 bridgehead atoms. The van der Waals surface area contributed by atoms with E-state index in [1.54, 1.807) is 33.7 Å². The molecule has 1 heterocycles. The number of amides is 1. The fourth-order valence-corrected chi connectivity index (χ4v) is 4.10. The molecule has 1 amide bonds. The Hall–Kier alpha value is -4.19. The van der Waals surface area contributed by atoms with Crippen LogP contribution in [0.5, 0.6) is 17.2 Å². The average Bonchev–Trinajstić information content (AvgIpc) is 3.31. The average molecular weight is 472 g/mol. The van der Waals surface area contributed by atoms with Crippen LogP contribution in [-0.4, -0.2) is 33.8 Å². The molecule has 6 heteroatoms. The van der Waals surface area contributed by atoms with E-state index in [1.807, 2.05) is 67.6 Å². The number of rotatable bonds is 9. The molecule has 180 valence electrons. The smallest absolute Gasteiger partial charge is 0.244 e. The number of carbonyl (C=O) groups excluding carboxylic acids is 1. The topological polar surface area (TPSA) is 69.9 Å². The second-order valence-electron chi connectivity index (χ2n) is 8.11. The third-order valence-electron chi connectivity index (χ3n) is 5.93. The van der Waals surface area contributed by atoms with Crippen LogP contribution < -0.4 is 19.5 Å². The van der Waals surface area contributed by atoms with E-state index in [0.29, 0.717) is 24.3 Å². The van der Waals surface area contributed by atoms with Gasteiger partial charge in [-0.3, -0.25) is 4.79 Å². The van der Waals surface area contributed by atoms with Gasteiger partial charge in [0, 0.05) is 35.2 Å². The number of furan rings is 1. The maximum Gasteiger partial charge on any atom is 0.244 e. The molecule has 4 aromatic rings. The van der Waals surface area contributed by atoms with E-state index in [1.165, 1.54) is 0 Å². The summed E-state index contributed by atoms with van der Waals surface area (Å²) >= 11 is 0. The van der Waals surface area contributed by atoms with Gasteiger partial charge in [0.1, 0.15) is 22.8 Å². The van der Waals surface area contributed by atoms with E-state index in [4.69, 9.17) is 18.6 Å². The molecular formula is C29H29NO5. The van der Waals surface area contributed by atoms with E-state index < -0.39 is 0 Å². The first-order chi connectivity index (χ1) is 17.0. The number of para-hydroxylation sites is 1. The molecule has 0 radical (unpaired) electrons. The van der Waals surface area contributed by atoms with Crippen molar-refractivity contribution in [2.75, 3.05) is 27.9 Å². The monoisotopic (exact) mass is 471 g/mol. The van der Waals surface area contributed by atoms with Crippen LogP contribution in [0.15, 0.2) is 77.4 Å². The van der Waals surface area contributed by atoms with E-state index >= 15 is 0 Å². The molecule has 0 saturated carbocycles. The molecule has 3 aromatic carbocycles. The lowest BCUT2D eigenvalue weighted by atomic mass is 9.99. The van der Waals surface area contributed by atoms with E-state index in [0.717, 1.165) is 44.7 Å². The van der Waals surface area contributed by atoms with Crippen LogP contribution in [-0.2, 0) is 11.2 Å². The minimum atomic E-state index is -0.167. The summed E-state index contributed by atoms with van der Waals surface area (Å²) in [5.74, 6) is 2.06. The Kier molecular flexibility index (Phi) is 7.41. The first kappa shape index (κ1) is 24.0. The standard InChI is InChI=1S/C29H29NO5/c1-19(14-29(31)30-13-12-20-8-5-6-11-26(20)33-3)23-16-24-25(18-35-28(24)17-27(23)34-4)21-9-7-10-22(15-21)32-2/h5-11,14-18H,12-13H2,1-4H3,(H,30,31)/b19-14+. The predicted octanol–water partition coefficient (Wildman–Crippen LogP) is 5.89. The summed E-state index contributed by atoms with van der Waals surface area (Å²) in [6.07, 6.45) is 4.00. The normalized spacial score (nSPS) is 11.4. The number of ether oxygens (including phenoxy) is 3. The lowest BCUT2D eigenvalue weighted by molar-refractivity contribution is -0.116. The molecule has 0 saturated heterocycles. The Morgan fingerprint density at radius 1 is 0.943 bits per heavy atom. The van der Waals surface area contributed by atoms with Crippen LogP contribution >= 0.6 is 0 Å². The van der Waals surface area contributed by atoms with Crippen molar-refractivity contribution in [3.05, 3.63) is 84.1 Å². The highest BCUT2D eigenvalue weighted by molar-refractivity contribution is 6.00. The van der Waals surface area contributed by atoms with Gasteiger partial charge in [0.05, 0.1) is 27.6 Å². The molecule has 0 atom stereocenters. The van der Waals surface area contributed by atoms with Gasteiger partial charge in [-0.25, -0.2) is 0 Å². The van der Waals surface area contributed by atoms with Gasteiger partial charge in [-0.15, -0.1) is 0 Å². The molecule has 0 fully saturated rings. The van der Waals surface area contributed by atoms with Crippen LogP contribution in [0.3, 0.4) is 0 Å². The highest BCUT2D eigenvalue weighted by Crippen LogP contribution is 2.38. The zero-order chi connectivity index (χ0) is 24.8. The summed E-state index contributed by atoms with van der Waals surface area (Å²) < 4.78 is 22.2. The van der Waals surface area contributed by atoms with Crippen molar-refractivity contribution in [3.8, 4) is 28.4 Å². The van der Waals surface area contributed by atoms with Gasteiger partial charge in [0.25, 0.3) is 0 Å². The first-order valence-electron chi connectivity index (χ1n) is 11.4. The number of methoxy groups -OCH3 is 3. The molecule has 1 N–H and O–H groups in total.